The maximum Gasteiger partial charge on any atom is 0.0640 e. The Morgan fingerprint density at radius 2 is 2.27 bits per heavy atom. The van der Waals surface area contributed by atoms with E-state index in [9.17, 15) is 0 Å². The summed E-state index contributed by atoms with van der Waals surface area (Å²) < 4.78 is 1.98. The summed E-state index contributed by atoms with van der Waals surface area (Å²) >= 11 is 0. The second-order valence-electron chi connectivity index (χ2n) is 4.24. The van der Waals surface area contributed by atoms with Gasteiger partial charge in [0.15, 0.2) is 0 Å². The summed E-state index contributed by atoms with van der Waals surface area (Å²) in [5, 5.41) is 4.50. The second kappa shape index (κ2) is 5.88. The van der Waals surface area contributed by atoms with Gasteiger partial charge in [-0.3, -0.25) is 16.0 Å². The van der Waals surface area contributed by atoms with Crippen molar-refractivity contribution < 1.29 is 0 Å². The van der Waals surface area contributed by atoms with Crippen LogP contribution in [0.5, 0.6) is 0 Å². The molecule has 0 bridgehead atoms. The van der Waals surface area contributed by atoms with Gasteiger partial charge in [0.1, 0.15) is 0 Å². The predicted molar refractivity (Wildman–Crippen MR) is 62.3 cm³/mol. The molecule has 0 aliphatic carbocycles. The molecule has 1 atom stereocenters. The molecular weight excluding hydrogens is 188 g/mol. The molecule has 15 heavy (non-hydrogen) atoms. The average molecular weight is 210 g/mol. The number of hydrazine groups is 1. The van der Waals surface area contributed by atoms with Crippen LogP contribution in [0.3, 0.4) is 0 Å². The molecule has 86 valence electrons. The van der Waals surface area contributed by atoms with Crippen LogP contribution < -0.4 is 11.3 Å². The number of hydrogen-bond donors (Lipinski definition) is 2. The van der Waals surface area contributed by atoms with Crippen molar-refractivity contribution in [2.45, 2.75) is 52.1 Å². The van der Waals surface area contributed by atoms with Crippen LogP contribution in [0.2, 0.25) is 0 Å². The minimum atomic E-state index is 0.338. The molecule has 3 N–H and O–H groups in total. The summed E-state index contributed by atoms with van der Waals surface area (Å²) in [6.45, 7) is 6.42. The lowest BCUT2D eigenvalue weighted by molar-refractivity contribution is 0.471. The van der Waals surface area contributed by atoms with E-state index in [1.54, 1.807) is 0 Å². The van der Waals surface area contributed by atoms with Crippen LogP contribution in [-0.2, 0) is 6.42 Å². The van der Waals surface area contributed by atoms with Gasteiger partial charge in [0, 0.05) is 24.7 Å². The van der Waals surface area contributed by atoms with Gasteiger partial charge < -0.3 is 0 Å². The Kier molecular flexibility index (Phi) is 4.78. The van der Waals surface area contributed by atoms with Gasteiger partial charge in [0.2, 0.25) is 0 Å². The van der Waals surface area contributed by atoms with Crippen LogP contribution in [0.25, 0.3) is 0 Å². The maximum atomic E-state index is 5.49. The first-order chi connectivity index (χ1) is 7.17. The fourth-order valence-corrected chi connectivity index (χ4v) is 1.62. The topological polar surface area (TPSA) is 55.9 Å². The maximum absolute atomic E-state index is 5.49. The van der Waals surface area contributed by atoms with Crippen molar-refractivity contribution in [1.82, 2.24) is 15.2 Å². The molecule has 0 saturated heterocycles. The molecule has 0 amide bonds. The smallest absolute Gasteiger partial charge is 0.0640 e. The zero-order chi connectivity index (χ0) is 11.3. The van der Waals surface area contributed by atoms with Crippen molar-refractivity contribution in [3.05, 3.63) is 18.0 Å². The van der Waals surface area contributed by atoms with Gasteiger partial charge in [0.25, 0.3) is 0 Å². The lowest BCUT2D eigenvalue weighted by Gasteiger charge is -2.13. The van der Waals surface area contributed by atoms with Crippen LogP contribution in [-0.4, -0.2) is 15.8 Å². The first-order valence-electron chi connectivity index (χ1n) is 5.67. The monoisotopic (exact) mass is 210 g/mol. The molecule has 4 heteroatoms. The SMILES string of the molecule is CCCC(Cc1ccn(C(C)C)n1)NN. The molecule has 4 nitrogen and oxygen atoms in total. The Bertz CT molecular complexity index is 280. The van der Waals surface area contributed by atoms with Crippen LogP contribution in [0.4, 0.5) is 0 Å². The number of aromatic nitrogens is 2. The molecule has 1 aromatic heterocycles. The minimum absolute atomic E-state index is 0.338. The summed E-state index contributed by atoms with van der Waals surface area (Å²) in [5.41, 5.74) is 3.95. The molecule has 0 radical (unpaired) electrons. The first kappa shape index (κ1) is 12.2. The summed E-state index contributed by atoms with van der Waals surface area (Å²) in [4.78, 5) is 0. The molecular formula is C11H22N4. The highest BCUT2D eigenvalue weighted by Crippen LogP contribution is 2.08. The normalized spacial score (nSPS) is 13.4. The van der Waals surface area contributed by atoms with E-state index in [1.807, 2.05) is 10.9 Å². The van der Waals surface area contributed by atoms with Crippen molar-refractivity contribution in [2.24, 2.45) is 5.84 Å². The summed E-state index contributed by atoms with van der Waals surface area (Å²) in [6, 6.07) is 2.83. The minimum Gasteiger partial charge on any atom is -0.271 e. The highest BCUT2D eigenvalue weighted by atomic mass is 15.3. The molecule has 0 aliphatic heterocycles. The second-order valence-corrected chi connectivity index (χ2v) is 4.24. The van der Waals surface area contributed by atoms with E-state index in [2.05, 4.69) is 37.4 Å². The predicted octanol–water partition coefficient (Wildman–Crippen LogP) is 1.64. The van der Waals surface area contributed by atoms with Gasteiger partial charge in [-0.25, -0.2) is 0 Å². The number of rotatable bonds is 6. The van der Waals surface area contributed by atoms with E-state index in [0.717, 1.165) is 25.0 Å². The summed E-state index contributed by atoms with van der Waals surface area (Å²) in [6.07, 6.45) is 5.16. The molecule has 1 unspecified atom stereocenters. The Labute approximate surface area is 91.8 Å². The zero-order valence-corrected chi connectivity index (χ0v) is 9.90. The Hall–Kier alpha value is -0.870. The zero-order valence-electron chi connectivity index (χ0n) is 9.90. The summed E-state index contributed by atoms with van der Waals surface area (Å²) in [5.74, 6) is 5.49. The average Bonchev–Trinajstić information content (AvgIpc) is 2.65. The molecule has 0 aliphatic rings. The van der Waals surface area contributed by atoms with Gasteiger partial charge in [-0.05, 0) is 26.3 Å². The Morgan fingerprint density at radius 1 is 1.53 bits per heavy atom. The third kappa shape index (κ3) is 3.64. The molecule has 0 fully saturated rings. The van der Waals surface area contributed by atoms with Gasteiger partial charge in [-0.1, -0.05) is 13.3 Å². The standard InChI is InChI=1S/C11H22N4/c1-4-5-10(13-12)8-11-6-7-15(14-11)9(2)3/h6-7,9-10,13H,4-5,8,12H2,1-3H3. The van der Waals surface area contributed by atoms with Crippen LogP contribution >= 0.6 is 0 Å². The van der Waals surface area contributed by atoms with E-state index < -0.39 is 0 Å². The largest absolute Gasteiger partial charge is 0.271 e. The van der Waals surface area contributed by atoms with Crippen molar-refractivity contribution in [2.75, 3.05) is 0 Å². The van der Waals surface area contributed by atoms with Gasteiger partial charge >= 0.3 is 0 Å². The number of nitrogens with two attached hydrogens (primary N) is 1. The van der Waals surface area contributed by atoms with E-state index in [0.29, 0.717) is 12.1 Å². The number of nitrogens with one attached hydrogen (secondary N) is 1. The fourth-order valence-electron chi connectivity index (χ4n) is 1.62. The van der Waals surface area contributed by atoms with Crippen LogP contribution in [0.1, 0.15) is 45.3 Å². The Balaban J connectivity index is 2.55. The molecule has 0 spiro atoms. The quantitative estimate of drug-likeness (QED) is 0.554. The van der Waals surface area contributed by atoms with E-state index in [-0.39, 0.29) is 0 Å². The number of nitrogens with zero attached hydrogens (tertiary/aromatic N) is 2. The fraction of sp³-hybridized carbons (Fsp3) is 0.727. The molecule has 0 saturated carbocycles. The van der Waals surface area contributed by atoms with E-state index >= 15 is 0 Å². The first-order valence-corrected chi connectivity index (χ1v) is 5.67. The van der Waals surface area contributed by atoms with Crippen LogP contribution in [0.15, 0.2) is 12.3 Å². The highest BCUT2D eigenvalue weighted by molar-refractivity contribution is 5.01. The molecule has 1 rings (SSSR count). The van der Waals surface area contributed by atoms with Crippen molar-refractivity contribution in [1.29, 1.82) is 0 Å². The Morgan fingerprint density at radius 3 is 2.73 bits per heavy atom. The van der Waals surface area contributed by atoms with Crippen LogP contribution in [0, 0.1) is 0 Å². The summed E-state index contributed by atoms with van der Waals surface area (Å²) in [7, 11) is 0. The highest BCUT2D eigenvalue weighted by Gasteiger charge is 2.09. The molecule has 1 aromatic rings. The molecule has 1 heterocycles. The van der Waals surface area contributed by atoms with E-state index in [1.165, 1.54) is 0 Å². The van der Waals surface area contributed by atoms with Crippen molar-refractivity contribution in [3.8, 4) is 0 Å². The lowest BCUT2D eigenvalue weighted by Crippen LogP contribution is -2.36. The number of hydrogen-bond acceptors (Lipinski definition) is 3. The van der Waals surface area contributed by atoms with Gasteiger partial charge in [0.05, 0.1) is 5.69 Å². The van der Waals surface area contributed by atoms with Crippen molar-refractivity contribution >= 4 is 0 Å². The van der Waals surface area contributed by atoms with E-state index in [4.69, 9.17) is 5.84 Å². The van der Waals surface area contributed by atoms with Gasteiger partial charge in [-0.2, -0.15) is 5.10 Å². The molecule has 0 aromatic carbocycles. The van der Waals surface area contributed by atoms with Crippen molar-refractivity contribution in [3.63, 3.8) is 0 Å². The van der Waals surface area contributed by atoms with Gasteiger partial charge in [-0.15, -0.1) is 0 Å². The third-order valence-electron chi connectivity index (χ3n) is 2.52. The third-order valence-corrected chi connectivity index (χ3v) is 2.52. The lowest BCUT2D eigenvalue weighted by atomic mass is 10.1.